The van der Waals surface area contributed by atoms with Gasteiger partial charge in [0.05, 0.1) is 7.11 Å². The maximum atomic E-state index is 11.4. The highest BCUT2D eigenvalue weighted by atomic mass is 16.5. The number of rotatable bonds is 2. The largest absolute Gasteiger partial charge is 0.466 e. The Labute approximate surface area is 86.5 Å². The van der Waals surface area contributed by atoms with Crippen LogP contribution in [0.3, 0.4) is 0 Å². The number of hydrogen-bond acceptors (Lipinski definition) is 4. The van der Waals surface area contributed by atoms with Crippen molar-refractivity contribution in [2.75, 3.05) is 7.11 Å². The Kier molecular flexibility index (Phi) is 3.43. The molecule has 15 heavy (non-hydrogen) atoms. The number of imide groups is 1. The summed E-state index contributed by atoms with van der Waals surface area (Å²) >= 11 is 0. The van der Waals surface area contributed by atoms with Gasteiger partial charge in [0, 0.05) is 11.1 Å². The van der Waals surface area contributed by atoms with E-state index in [0.29, 0.717) is 30.4 Å². The molecular weight excluding hydrogens is 200 g/mol. The van der Waals surface area contributed by atoms with E-state index in [-0.39, 0.29) is 0 Å². The minimum atomic E-state index is -0.927. The quantitative estimate of drug-likeness (QED) is 0.621. The van der Waals surface area contributed by atoms with Gasteiger partial charge in [-0.25, -0.2) is 9.59 Å². The molecule has 3 N–H and O–H groups in total. The van der Waals surface area contributed by atoms with Crippen molar-refractivity contribution in [3.8, 4) is 0 Å². The van der Waals surface area contributed by atoms with Crippen molar-refractivity contribution in [3.63, 3.8) is 0 Å². The lowest BCUT2D eigenvalue weighted by Crippen LogP contribution is -2.36. The SMILES string of the molecule is COC(=O)C1=C(C(=O)NC(N)=O)CCC1. The van der Waals surface area contributed by atoms with Gasteiger partial charge in [-0.1, -0.05) is 0 Å². The Morgan fingerprint density at radius 1 is 1.27 bits per heavy atom. The fourth-order valence-corrected chi connectivity index (χ4v) is 1.53. The number of amides is 3. The second-order valence-corrected chi connectivity index (χ2v) is 3.12. The zero-order valence-corrected chi connectivity index (χ0v) is 8.33. The van der Waals surface area contributed by atoms with Crippen LogP contribution in [0.25, 0.3) is 0 Å². The van der Waals surface area contributed by atoms with Crippen LogP contribution in [0.2, 0.25) is 0 Å². The molecule has 0 bridgehead atoms. The molecule has 6 heteroatoms. The van der Waals surface area contributed by atoms with Crippen molar-refractivity contribution >= 4 is 17.9 Å². The second-order valence-electron chi connectivity index (χ2n) is 3.12. The molecular formula is C9H12N2O4. The van der Waals surface area contributed by atoms with E-state index in [1.807, 2.05) is 5.32 Å². The lowest BCUT2D eigenvalue weighted by atomic mass is 10.1. The van der Waals surface area contributed by atoms with Gasteiger partial charge >= 0.3 is 12.0 Å². The number of nitrogens with one attached hydrogen (secondary N) is 1. The van der Waals surface area contributed by atoms with E-state index < -0.39 is 17.9 Å². The number of ether oxygens (including phenoxy) is 1. The molecule has 0 aromatic carbocycles. The van der Waals surface area contributed by atoms with Crippen molar-refractivity contribution in [1.29, 1.82) is 0 Å². The molecule has 0 unspecified atom stereocenters. The van der Waals surface area contributed by atoms with Crippen molar-refractivity contribution in [1.82, 2.24) is 5.32 Å². The highest BCUT2D eigenvalue weighted by Crippen LogP contribution is 2.26. The van der Waals surface area contributed by atoms with E-state index >= 15 is 0 Å². The number of carbonyl (C=O) groups excluding carboxylic acids is 3. The van der Waals surface area contributed by atoms with Gasteiger partial charge in [0.15, 0.2) is 0 Å². The fourth-order valence-electron chi connectivity index (χ4n) is 1.53. The Morgan fingerprint density at radius 2 is 1.87 bits per heavy atom. The Morgan fingerprint density at radius 3 is 2.40 bits per heavy atom. The molecule has 1 aliphatic rings. The van der Waals surface area contributed by atoms with Gasteiger partial charge < -0.3 is 10.5 Å². The Balaban J connectivity index is 2.85. The van der Waals surface area contributed by atoms with E-state index in [0.717, 1.165) is 0 Å². The van der Waals surface area contributed by atoms with E-state index in [1.54, 1.807) is 0 Å². The van der Waals surface area contributed by atoms with E-state index in [9.17, 15) is 14.4 Å². The third-order valence-electron chi connectivity index (χ3n) is 2.16. The maximum absolute atomic E-state index is 11.4. The van der Waals surface area contributed by atoms with Crippen molar-refractivity contribution < 1.29 is 19.1 Å². The van der Waals surface area contributed by atoms with Crippen LogP contribution < -0.4 is 11.1 Å². The van der Waals surface area contributed by atoms with Crippen molar-refractivity contribution in [3.05, 3.63) is 11.1 Å². The number of primary amides is 1. The third-order valence-corrected chi connectivity index (χ3v) is 2.16. The van der Waals surface area contributed by atoms with E-state index in [1.165, 1.54) is 7.11 Å². The molecule has 1 aliphatic carbocycles. The maximum Gasteiger partial charge on any atom is 0.334 e. The number of nitrogens with two attached hydrogens (primary N) is 1. The van der Waals surface area contributed by atoms with Crippen LogP contribution in [0.15, 0.2) is 11.1 Å². The molecule has 0 aromatic heterocycles. The molecule has 3 amide bonds. The smallest absolute Gasteiger partial charge is 0.334 e. The number of urea groups is 1. The van der Waals surface area contributed by atoms with Crippen LogP contribution >= 0.6 is 0 Å². The van der Waals surface area contributed by atoms with Crippen LogP contribution in [0.1, 0.15) is 19.3 Å². The monoisotopic (exact) mass is 212 g/mol. The van der Waals surface area contributed by atoms with Crippen molar-refractivity contribution in [2.45, 2.75) is 19.3 Å². The summed E-state index contributed by atoms with van der Waals surface area (Å²) in [5, 5.41) is 1.93. The first kappa shape index (κ1) is 11.2. The first-order valence-electron chi connectivity index (χ1n) is 4.47. The average Bonchev–Trinajstić information content (AvgIpc) is 2.63. The number of carbonyl (C=O) groups is 3. The molecule has 0 aliphatic heterocycles. The standard InChI is InChI=1S/C9H12N2O4/c1-15-8(13)6-4-2-3-5(6)7(12)11-9(10)14/h2-4H2,1H3,(H3,10,11,12,14). The number of esters is 1. The van der Waals surface area contributed by atoms with Gasteiger partial charge in [-0.2, -0.15) is 0 Å². The highest BCUT2D eigenvalue weighted by molar-refractivity contribution is 6.08. The van der Waals surface area contributed by atoms with Gasteiger partial charge in [-0.05, 0) is 19.3 Å². The van der Waals surface area contributed by atoms with E-state index in [2.05, 4.69) is 4.74 Å². The molecule has 6 nitrogen and oxygen atoms in total. The van der Waals surface area contributed by atoms with Crippen LogP contribution in [0.4, 0.5) is 4.79 Å². The molecule has 0 aromatic rings. The van der Waals surface area contributed by atoms with Gasteiger partial charge in [0.25, 0.3) is 5.91 Å². The Bertz CT molecular complexity index is 346. The van der Waals surface area contributed by atoms with Gasteiger partial charge in [-0.15, -0.1) is 0 Å². The summed E-state index contributed by atoms with van der Waals surface area (Å²) in [7, 11) is 1.25. The number of hydrogen-bond donors (Lipinski definition) is 2. The summed E-state index contributed by atoms with van der Waals surface area (Å²) in [5.74, 6) is -1.14. The minimum absolute atomic E-state index is 0.292. The van der Waals surface area contributed by atoms with Gasteiger partial charge in [0.1, 0.15) is 0 Å². The van der Waals surface area contributed by atoms with Crippen LogP contribution in [-0.4, -0.2) is 25.0 Å². The zero-order chi connectivity index (χ0) is 11.4. The number of methoxy groups -OCH3 is 1. The molecule has 0 heterocycles. The Hall–Kier alpha value is -1.85. The first-order chi connectivity index (χ1) is 7.06. The molecule has 82 valence electrons. The predicted octanol–water partition coefficient (Wildman–Crippen LogP) is -0.165. The summed E-state index contributed by atoms with van der Waals surface area (Å²) in [6.07, 6.45) is 1.66. The summed E-state index contributed by atoms with van der Waals surface area (Å²) in [5.41, 5.74) is 5.43. The molecule has 0 radical (unpaired) electrons. The zero-order valence-electron chi connectivity index (χ0n) is 8.33. The minimum Gasteiger partial charge on any atom is -0.466 e. The lowest BCUT2D eigenvalue weighted by molar-refractivity contribution is -0.136. The molecule has 0 spiro atoms. The van der Waals surface area contributed by atoms with Crippen LogP contribution in [0, 0.1) is 0 Å². The summed E-state index contributed by atoms with van der Waals surface area (Å²) in [4.78, 5) is 33.1. The summed E-state index contributed by atoms with van der Waals surface area (Å²) < 4.78 is 4.53. The fraction of sp³-hybridized carbons (Fsp3) is 0.444. The summed E-state index contributed by atoms with van der Waals surface area (Å²) in [6, 6.07) is -0.927. The van der Waals surface area contributed by atoms with Gasteiger partial charge in [0.2, 0.25) is 0 Å². The topological polar surface area (TPSA) is 98.5 Å². The molecule has 1 rings (SSSR count). The molecule has 0 saturated heterocycles. The van der Waals surface area contributed by atoms with Crippen molar-refractivity contribution in [2.24, 2.45) is 5.73 Å². The predicted molar refractivity (Wildman–Crippen MR) is 50.6 cm³/mol. The van der Waals surface area contributed by atoms with Crippen LogP contribution in [0.5, 0.6) is 0 Å². The van der Waals surface area contributed by atoms with Crippen LogP contribution in [-0.2, 0) is 14.3 Å². The average molecular weight is 212 g/mol. The molecule has 0 saturated carbocycles. The van der Waals surface area contributed by atoms with E-state index in [4.69, 9.17) is 5.73 Å². The third kappa shape index (κ3) is 2.55. The van der Waals surface area contributed by atoms with Gasteiger partial charge in [-0.3, -0.25) is 10.1 Å². The highest BCUT2D eigenvalue weighted by Gasteiger charge is 2.26. The molecule has 0 atom stereocenters. The molecule has 0 fully saturated rings. The summed E-state index contributed by atoms with van der Waals surface area (Å²) in [6.45, 7) is 0. The lowest BCUT2D eigenvalue weighted by Gasteiger charge is -2.04. The second kappa shape index (κ2) is 4.59. The normalized spacial score (nSPS) is 15.0. The first-order valence-corrected chi connectivity index (χ1v) is 4.47.